The van der Waals surface area contributed by atoms with Crippen LogP contribution in [0.25, 0.3) is 11.8 Å². The van der Waals surface area contributed by atoms with Crippen LogP contribution in [0, 0.1) is 10.1 Å². The lowest BCUT2D eigenvalue weighted by atomic mass is 9.83. The van der Waals surface area contributed by atoms with Gasteiger partial charge in [-0.05, 0) is 53.3 Å². The topological polar surface area (TPSA) is 96.0 Å². The summed E-state index contributed by atoms with van der Waals surface area (Å²) in [5.41, 5.74) is 5.54. The number of hydrogen-bond acceptors (Lipinski definition) is 7. The van der Waals surface area contributed by atoms with Crippen molar-refractivity contribution in [1.82, 2.24) is 4.57 Å². The molecule has 1 atom stereocenters. The van der Waals surface area contributed by atoms with Crippen LogP contribution in [0.4, 0.5) is 5.69 Å². The van der Waals surface area contributed by atoms with Crippen molar-refractivity contribution in [3.8, 4) is 11.5 Å². The SMILES string of the molecule is COc1cc(/C=c2/sc3n(c2=O)C(c2ccccc2Cl)C2=C(N=3)c3ccccc3CC2)c([N+](=O)[O-])cc1OCc1ccccc1. The number of nitrogens with zero attached hydrogens (tertiary/aromatic N) is 3. The molecule has 224 valence electrons. The van der Waals surface area contributed by atoms with E-state index in [-0.39, 0.29) is 29.2 Å². The normalized spacial score (nSPS) is 15.5. The van der Waals surface area contributed by atoms with Gasteiger partial charge in [-0.1, -0.05) is 95.7 Å². The molecule has 0 fully saturated rings. The summed E-state index contributed by atoms with van der Waals surface area (Å²) in [6.07, 6.45) is 3.08. The number of fused-ring (bicyclic) bond motifs is 3. The first-order valence-corrected chi connectivity index (χ1v) is 15.5. The van der Waals surface area contributed by atoms with Crippen LogP contribution in [-0.2, 0) is 13.0 Å². The number of nitro benzene ring substituents is 1. The molecule has 1 aliphatic carbocycles. The van der Waals surface area contributed by atoms with E-state index in [2.05, 4.69) is 12.1 Å². The molecule has 4 aromatic carbocycles. The van der Waals surface area contributed by atoms with Gasteiger partial charge in [0.1, 0.15) is 6.61 Å². The second-order valence-corrected chi connectivity index (χ2v) is 12.1. The highest BCUT2D eigenvalue weighted by atomic mass is 35.5. The maximum Gasteiger partial charge on any atom is 0.280 e. The highest BCUT2D eigenvalue weighted by molar-refractivity contribution is 7.07. The molecule has 5 aromatic rings. The van der Waals surface area contributed by atoms with Crippen LogP contribution < -0.4 is 24.4 Å². The second kappa shape index (κ2) is 11.8. The largest absolute Gasteiger partial charge is 0.493 e. The van der Waals surface area contributed by atoms with E-state index in [1.54, 1.807) is 4.57 Å². The van der Waals surface area contributed by atoms with Gasteiger partial charge in [-0.15, -0.1) is 0 Å². The summed E-state index contributed by atoms with van der Waals surface area (Å²) >= 11 is 7.93. The van der Waals surface area contributed by atoms with Crippen molar-refractivity contribution < 1.29 is 14.4 Å². The number of allylic oxidation sites excluding steroid dienone is 1. The number of nitro groups is 1. The number of rotatable bonds is 7. The zero-order valence-electron chi connectivity index (χ0n) is 24.1. The number of ether oxygens (including phenoxy) is 2. The predicted octanol–water partition coefficient (Wildman–Crippen LogP) is 6.47. The number of thiazole rings is 1. The van der Waals surface area contributed by atoms with Crippen LogP contribution in [0.1, 0.15) is 40.3 Å². The van der Waals surface area contributed by atoms with E-state index in [9.17, 15) is 14.9 Å². The third-order valence-corrected chi connectivity index (χ3v) is 9.43. The average molecular weight is 636 g/mol. The first-order chi connectivity index (χ1) is 21.9. The molecule has 8 nitrogen and oxygen atoms in total. The van der Waals surface area contributed by atoms with Crippen molar-refractivity contribution in [3.05, 3.63) is 159 Å². The third-order valence-electron chi connectivity index (χ3n) is 8.11. The summed E-state index contributed by atoms with van der Waals surface area (Å²) in [6.45, 7) is 0.210. The maximum absolute atomic E-state index is 14.2. The first kappa shape index (κ1) is 28.8. The minimum atomic E-state index is -0.486. The number of benzene rings is 4. The van der Waals surface area contributed by atoms with E-state index in [4.69, 9.17) is 26.1 Å². The summed E-state index contributed by atoms with van der Waals surface area (Å²) in [5.74, 6) is 0.549. The van der Waals surface area contributed by atoms with Crippen molar-refractivity contribution >= 4 is 40.4 Å². The van der Waals surface area contributed by atoms with Crippen LogP contribution in [0.5, 0.6) is 11.5 Å². The van der Waals surface area contributed by atoms with Gasteiger partial charge in [-0.25, -0.2) is 4.99 Å². The Morgan fingerprint density at radius 2 is 1.78 bits per heavy atom. The van der Waals surface area contributed by atoms with Gasteiger partial charge in [0.05, 0.1) is 39.9 Å². The molecule has 0 saturated carbocycles. The Morgan fingerprint density at radius 1 is 1.02 bits per heavy atom. The van der Waals surface area contributed by atoms with Gasteiger partial charge >= 0.3 is 0 Å². The van der Waals surface area contributed by atoms with E-state index >= 15 is 0 Å². The lowest BCUT2D eigenvalue weighted by molar-refractivity contribution is -0.385. The number of halogens is 1. The Balaban J connectivity index is 1.39. The maximum atomic E-state index is 14.2. The fourth-order valence-electron chi connectivity index (χ4n) is 5.98. The van der Waals surface area contributed by atoms with E-state index in [1.807, 2.05) is 66.7 Å². The van der Waals surface area contributed by atoms with Crippen LogP contribution >= 0.6 is 22.9 Å². The highest BCUT2D eigenvalue weighted by Gasteiger charge is 2.33. The summed E-state index contributed by atoms with van der Waals surface area (Å²) in [6, 6.07) is 27.6. The first-order valence-electron chi connectivity index (χ1n) is 14.3. The molecule has 0 N–H and O–H groups in total. The zero-order chi connectivity index (χ0) is 31.1. The quantitative estimate of drug-likeness (QED) is 0.151. The second-order valence-electron chi connectivity index (χ2n) is 10.7. The van der Waals surface area contributed by atoms with Crippen molar-refractivity contribution in [2.24, 2.45) is 4.99 Å². The Morgan fingerprint density at radius 3 is 2.56 bits per heavy atom. The predicted molar refractivity (Wildman–Crippen MR) is 175 cm³/mol. The van der Waals surface area contributed by atoms with E-state index < -0.39 is 11.0 Å². The summed E-state index contributed by atoms with van der Waals surface area (Å²) in [4.78, 5) is 31.5. The fraction of sp³-hybridized carbons (Fsp3) is 0.143. The average Bonchev–Trinajstić information content (AvgIpc) is 3.37. The number of aromatic nitrogens is 1. The molecule has 2 aliphatic rings. The molecular weight excluding hydrogens is 610 g/mol. The molecule has 1 unspecified atom stereocenters. The highest BCUT2D eigenvalue weighted by Crippen LogP contribution is 2.43. The van der Waals surface area contributed by atoms with E-state index in [1.165, 1.54) is 42.2 Å². The minimum absolute atomic E-state index is 0.208. The molecule has 7 rings (SSSR count). The van der Waals surface area contributed by atoms with Gasteiger partial charge < -0.3 is 9.47 Å². The van der Waals surface area contributed by atoms with E-state index in [0.29, 0.717) is 20.1 Å². The molecule has 0 bridgehead atoms. The van der Waals surface area contributed by atoms with Gasteiger partial charge in [0, 0.05) is 10.6 Å². The monoisotopic (exact) mass is 635 g/mol. The lowest BCUT2D eigenvalue weighted by Crippen LogP contribution is -2.38. The molecule has 0 radical (unpaired) electrons. The molecule has 1 aliphatic heterocycles. The standard InChI is InChI=1S/C35H26ClN3O5S/c1-43-29-17-23(28(39(41)42)19-30(29)44-20-21-9-3-2-4-10-21)18-31-34(40)38-33(25-13-7-8-14-27(25)36)26-16-15-22-11-5-6-12-24(22)32(26)37-35(38)45-31/h2-14,17-19,33H,15-16,20H2,1H3/b31-18+. The van der Waals surface area contributed by atoms with Gasteiger partial charge in [0.2, 0.25) is 0 Å². The Kier molecular flexibility index (Phi) is 7.56. The Bertz CT molecular complexity index is 2190. The summed E-state index contributed by atoms with van der Waals surface area (Å²) in [5, 5.41) is 12.8. The molecule has 45 heavy (non-hydrogen) atoms. The molecule has 10 heteroatoms. The minimum Gasteiger partial charge on any atom is -0.493 e. The molecule has 2 heterocycles. The number of methoxy groups -OCH3 is 1. The van der Waals surface area contributed by atoms with Gasteiger partial charge in [0.25, 0.3) is 11.2 Å². The lowest BCUT2D eigenvalue weighted by Gasteiger charge is -2.31. The molecular formula is C35H26ClN3O5S. The number of aryl methyl sites for hydroxylation is 1. The molecule has 1 aromatic heterocycles. The summed E-state index contributed by atoms with van der Waals surface area (Å²) in [7, 11) is 1.47. The van der Waals surface area contributed by atoms with Crippen LogP contribution in [0.15, 0.2) is 106 Å². The smallest absolute Gasteiger partial charge is 0.280 e. The Hall–Kier alpha value is -4.99. The number of hydrogen-bond donors (Lipinski definition) is 0. The van der Waals surface area contributed by atoms with Crippen molar-refractivity contribution in [3.63, 3.8) is 0 Å². The van der Waals surface area contributed by atoms with Crippen molar-refractivity contribution in [1.29, 1.82) is 0 Å². The van der Waals surface area contributed by atoms with Crippen LogP contribution in [-0.4, -0.2) is 16.6 Å². The molecule has 0 saturated heterocycles. The van der Waals surface area contributed by atoms with Gasteiger partial charge in [-0.3, -0.25) is 19.5 Å². The summed E-state index contributed by atoms with van der Waals surface area (Å²) < 4.78 is 13.5. The third kappa shape index (κ3) is 5.24. The van der Waals surface area contributed by atoms with Crippen molar-refractivity contribution in [2.45, 2.75) is 25.5 Å². The zero-order valence-corrected chi connectivity index (χ0v) is 25.7. The molecule has 0 spiro atoms. The van der Waals surface area contributed by atoms with Crippen molar-refractivity contribution in [2.75, 3.05) is 7.11 Å². The van der Waals surface area contributed by atoms with Crippen LogP contribution in [0.3, 0.4) is 0 Å². The fourth-order valence-corrected chi connectivity index (χ4v) is 7.21. The molecule has 0 amide bonds. The van der Waals surface area contributed by atoms with Crippen LogP contribution in [0.2, 0.25) is 5.02 Å². The Labute approximate surface area is 266 Å². The van der Waals surface area contributed by atoms with E-state index in [0.717, 1.165) is 40.8 Å². The van der Waals surface area contributed by atoms with Gasteiger partial charge in [0.15, 0.2) is 16.3 Å². The van der Waals surface area contributed by atoms with Gasteiger partial charge in [-0.2, -0.15) is 0 Å².